The molecule has 1 saturated heterocycles. The van der Waals surface area contributed by atoms with Crippen molar-refractivity contribution in [1.29, 1.82) is 0 Å². The molecule has 82 valence electrons. The number of halogens is 1. The Kier molecular flexibility index (Phi) is 2.33. The van der Waals surface area contributed by atoms with Crippen molar-refractivity contribution in [2.45, 2.75) is 20.3 Å². The Morgan fingerprint density at radius 1 is 1.33 bits per heavy atom. The molecule has 1 aliphatic rings. The van der Waals surface area contributed by atoms with E-state index in [-0.39, 0.29) is 5.82 Å². The first-order valence-electron chi connectivity index (χ1n) is 5.27. The van der Waals surface area contributed by atoms with Gasteiger partial charge < -0.3 is 10.6 Å². The SMILES string of the molecule is CC1(C)CCN(c2cc(N)cc(F)c2)C1. The molecule has 2 nitrogen and oxygen atoms in total. The summed E-state index contributed by atoms with van der Waals surface area (Å²) in [6.45, 7) is 6.41. The lowest BCUT2D eigenvalue weighted by atomic mass is 9.93. The quantitative estimate of drug-likeness (QED) is 0.719. The second-order valence-corrected chi connectivity index (χ2v) is 5.08. The summed E-state index contributed by atoms with van der Waals surface area (Å²) >= 11 is 0. The molecule has 3 heteroatoms. The lowest BCUT2D eigenvalue weighted by Crippen LogP contribution is -2.22. The third kappa shape index (κ3) is 2.22. The van der Waals surface area contributed by atoms with E-state index in [9.17, 15) is 4.39 Å². The molecule has 1 aliphatic heterocycles. The fraction of sp³-hybridized carbons (Fsp3) is 0.500. The summed E-state index contributed by atoms with van der Waals surface area (Å²) in [4.78, 5) is 2.19. The van der Waals surface area contributed by atoms with Crippen molar-refractivity contribution in [1.82, 2.24) is 0 Å². The molecule has 0 radical (unpaired) electrons. The maximum atomic E-state index is 13.2. The number of hydrogen-bond donors (Lipinski definition) is 1. The van der Waals surface area contributed by atoms with Crippen molar-refractivity contribution in [2.24, 2.45) is 5.41 Å². The first-order chi connectivity index (χ1) is 6.96. The van der Waals surface area contributed by atoms with Crippen LogP contribution in [0.2, 0.25) is 0 Å². The summed E-state index contributed by atoms with van der Waals surface area (Å²) in [5, 5.41) is 0. The smallest absolute Gasteiger partial charge is 0.127 e. The Morgan fingerprint density at radius 3 is 2.60 bits per heavy atom. The highest BCUT2D eigenvalue weighted by atomic mass is 19.1. The second kappa shape index (κ2) is 3.40. The molecule has 0 atom stereocenters. The van der Waals surface area contributed by atoms with E-state index in [4.69, 9.17) is 5.73 Å². The first-order valence-corrected chi connectivity index (χ1v) is 5.27. The van der Waals surface area contributed by atoms with Gasteiger partial charge in [0.05, 0.1) is 0 Å². The van der Waals surface area contributed by atoms with Gasteiger partial charge >= 0.3 is 0 Å². The summed E-state index contributed by atoms with van der Waals surface area (Å²) in [5.41, 5.74) is 7.34. The van der Waals surface area contributed by atoms with E-state index >= 15 is 0 Å². The van der Waals surface area contributed by atoms with Crippen LogP contribution in [0.1, 0.15) is 20.3 Å². The van der Waals surface area contributed by atoms with Crippen LogP contribution >= 0.6 is 0 Å². The molecule has 0 aromatic heterocycles. The minimum absolute atomic E-state index is 0.255. The van der Waals surface area contributed by atoms with Gasteiger partial charge in [0.15, 0.2) is 0 Å². The Balaban J connectivity index is 2.24. The molecule has 1 heterocycles. The van der Waals surface area contributed by atoms with Gasteiger partial charge in [0.2, 0.25) is 0 Å². The van der Waals surface area contributed by atoms with Crippen LogP contribution in [0.3, 0.4) is 0 Å². The average Bonchev–Trinajstić information content (AvgIpc) is 2.44. The Hall–Kier alpha value is -1.25. The van der Waals surface area contributed by atoms with Crippen molar-refractivity contribution in [2.75, 3.05) is 23.7 Å². The first kappa shape index (κ1) is 10.3. The van der Waals surface area contributed by atoms with Crippen LogP contribution in [0.25, 0.3) is 0 Å². The van der Waals surface area contributed by atoms with Crippen molar-refractivity contribution < 1.29 is 4.39 Å². The topological polar surface area (TPSA) is 29.3 Å². The summed E-state index contributed by atoms with van der Waals surface area (Å²) in [6.07, 6.45) is 1.14. The van der Waals surface area contributed by atoms with Crippen molar-refractivity contribution in [3.05, 3.63) is 24.0 Å². The van der Waals surface area contributed by atoms with Crippen LogP contribution in [-0.2, 0) is 0 Å². The van der Waals surface area contributed by atoms with E-state index < -0.39 is 0 Å². The van der Waals surface area contributed by atoms with Crippen LogP contribution in [-0.4, -0.2) is 13.1 Å². The van der Waals surface area contributed by atoms with Crippen molar-refractivity contribution >= 4 is 11.4 Å². The lowest BCUT2D eigenvalue weighted by Gasteiger charge is -2.21. The molecule has 0 aliphatic carbocycles. The monoisotopic (exact) mass is 208 g/mol. The summed E-state index contributed by atoms with van der Waals surface area (Å²) < 4.78 is 13.2. The van der Waals surface area contributed by atoms with E-state index in [0.717, 1.165) is 25.2 Å². The number of rotatable bonds is 1. The fourth-order valence-electron chi connectivity index (χ4n) is 2.11. The minimum Gasteiger partial charge on any atom is -0.399 e. The summed E-state index contributed by atoms with van der Waals surface area (Å²) in [5.74, 6) is -0.255. The van der Waals surface area contributed by atoms with Gasteiger partial charge in [0, 0.05) is 24.5 Å². The van der Waals surface area contributed by atoms with E-state index in [1.54, 1.807) is 6.07 Å². The molecule has 15 heavy (non-hydrogen) atoms. The van der Waals surface area contributed by atoms with Crippen molar-refractivity contribution in [3.8, 4) is 0 Å². The van der Waals surface area contributed by atoms with Crippen LogP contribution < -0.4 is 10.6 Å². The predicted molar refractivity (Wildman–Crippen MR) is 61.4 cm³/mol. The average molecular weight is 208 g/mol. The zero-order valence-corrected chi connectivity index (χ0v) is 9.26. The molecule has 0 amide bonds. The molecular weight excluding hydrogens is 191 g/mol. The molecule has 0 saturated carbocycles. The molecule has 2 N–H and O–H groups in total. The number of hydrogen-bond acceptors (Lipinski definition) is 2. The highest BCUT2D eigenvalue weighted by Gasteiger charge is 2.29. The summed E-state index contributed by atoms with van der Waals surface area (Å²) in [6, 6.07) is 4.74. The van der Waals surface area contributed by atoms with Gasteiger partial charge in [-0.1, -0.05) is 13.8 Å². The van der Waals surface area contributed by atoms with E-state index in [1.165, 1.54) is 6.07 Å². The zero-order chi connectivity index (χ0) is 11.1. The third-order valence-electron chi connectivity index (χ3n) is 2.95. The molecule has 0 bridgehead atoms. The number of nitrogens with zero attached hydrogens (tertiary/aromatic N) is 1. The highest BCUT2D eigenvalue weighted by Crippen LogP contribution is 2.33. The van der Waals surface area contributed by atoms with E-state index in [2.05, 4.69) is 18.7 Å². The summed E-state index contributed by atoms with van der Waals surface area (Å²) in [7, 11) is 0. The molecule has 0 unspecified atom stereocenters. The Morgan fingerprint density at radius 2 is 2.07 bits per heavy atom. The van der Waals surface area contributed by atoms with Crippen LogP contribution in [0.5, 0.6) is 0 Å². The second-order valence-electron chi connectivity index (χ2n) is 5.08. The Bertz CT molecular complexity index is 354. The number of nitrogen functional groups attached to an aromatic ring is 1. The van der Waals surface area contributed by atoms with Gasteiger partial charge in [-0.3, -0.25) is 0 Å². The van der Waals surface area contributed by atoms with Crippen LogP contribution in [0.15, 0.2) is 18.2 Å². The van der Waals surface area contributed by atoms with Gasteiger partial charge in [-0.15, -0.1) is 0 Å². The maximum Gasteiger partial charge on any atom is 0.127 e. The van der Waals surface area contributed by atoms with Gasteiger partial charge in [0.1, 0.15) is 5.82 Å². The lowest BCUT2D eigenvalue weighted by molar-refractivity contribution is 0.418. The highest BCUT2D eigenvalue weighted by molar-refractivity contribution is 5.57. The standard InChI is InChI=1S/C12H17FN2/c1-12(2)3-4-15(8-12)11-6-9(13)5-10(14)7-11/h5-7H,3-4,8,14H2,1-2H3. The predicted octanol–water partition coefficient (Wildman–Crippen LogP) is 2.64. The van der Waals surface area contributed by atoms with Crippen LogP contribution in [0.4, 0.5) is 15.8 Å². The molecule has 1 aromatic rings. The largest absolute Gasteiger partial charge is 0.399 e. The number of anilines is 2. The van der Waals surface area contributed by atoms with E-state index in [0.29, 0.717) is 11.1 Å². The molecular formula is C12H17FN2. The van der Waals surface area contributed by atoms with Gasteiger partial charge in [-0.2, -0.15) is 0 Å². The molecule has 2 rings (SSSR count). The molecule has 1 aromatic carbocycles. The zero-order valence-electron chi connectivity index (χ0n) is 9.26. The minimum atomic E-state index is -0.255. The third-order valence-corrected chi connectivity index (χ3v) is 2.95. The van der Waals surface area contributed by atoms with Gasteiger partial charge in [-0.05, 0) is 30.0 Å². The normalized spacial score (nSPS) is 19.5. The Labute approximate surface area is 89.9 Å². The van der Waals surface area contributed by atoms with Gasteiger partial charge in [0.25, 0.3) is 0 Å². The number of benzene rings is 1. The van der Waals surface area contributed by atoms with Crippen molar-refractivity contribution in [3.63, 3.8) is 0 Å². The van der Waals surface area contributed by atoms with Gasteiger partial charge in [-0.25, -0.2) is 4.39 Å². The maximum absolute atomic E-state index is 13.2. The van der Waals surface area contributed by atoms with Crippen LogP contribution in [0, 0.1) is 11.2 Å². The molecule has 0 spiro atoms. The fourth-order valence-corrected chi connectivity index (χ4v) is 2.11. The molecule has 1 fully saturated rings. The van der Waals surface area contributed by atoms with E-state index in [1.807, 2.05) is 6.07 Å². The number of nitrogens with two attached hydrogens (primary N) is 1.